The molecule has 0 spiro atoms. The molecule has 0 bridgehead atoms. The van der Waals surface area contributed by atoms with Crippen LogP contribution in [0, 0.1) is 31.6 Å². The minimum absolute atomic E-state index is 0.0212. The van der Waals surface area contributed by atoms with Gasteiger partial charge in [0.2, 0.25) is 0 Å². The van der Waals surface area contributed by atoms with Crippen LogP contribution in [0.25, 0.3) is 0 Å². The number of nitrogens with zero attached hydrogens (tertiary/aromatic N) is 1. The summed E-state index contributed by atoms with van der Waals surface area (Å²) < 4.78 is 0. The van der Waals surface area contributed by atoms with E-state index in [1.807, 2.05) is 38.1 Å². The molecule has 0 saturated heterocycles. The highest BCUT2D eigenvalue weighted by atomic mass is 16.6. The van der Waals surface area contributed by atoms with E-state index in [1.165, 1.54) is 0 Å². The highest BCUT2D eigenvalue weighted by Gasteiger charge is 2.51. The van der Waals surface area contributed by atoms with Crippen molar-refractivity contribution in [2.45, 2.75) is 45.3 Å². The number of hydrogen-bond donors (Lipinski definition) is 3. The SMILES string of the molecule is Cc1ccc(C(O)C=CC2C[C@@H]3C(=NOCCC(=O)O)C[C@H]3C2O)c(C)c1. The van der Waals surface area contributed by atoms with Crippen molar-refractivity contribution in [1.82, 2.24) is 0 Å². The molecule has 3 N–H and O–H groups in total. The third-order valence-electron chi connectivity index (χ3n) is 5.67. The predicted octanol–water partition coefficient (Wildman–Crippen LogP) is 2.76. The van der Waals surface area contributed by atoms with E-state index in [0.717, 1.165) is 28.8 Å². The maximum atomic E-state index is 10.5. The average Bonchev–Trinajstić information content (AvgIpc) is 2.83. The molecule has 146 valence electrons. The normalized spacial score (nSPS) is 29.6. The lowest BCUT2D eigenvalue weighted by atomic mass is 9.73. The molecule has 0 radical (unpaired) electrons. The predicted molar refractivity (Wildman–Crippen MR) is 101 cm³/mol. The number of aliphatic hydroxyl groups excluding tert-OH is 2. The molecule has 0 aliphatic heterocycles. The van der Waals surface area contributed by atoms with Crippen molar-refractivity contribution in [2.75, 3.05) is 6.61 Å². The highest BCUT2D eigenvalue weighted by Crippen LogP contribution is 2.48. The summed E-state index contributed by atoms with van der Waals surface area (Å²) in [4.78, 5) is 15.5. The third-order valence-corrected chi connectivity index (χ3v) is 5.67. The van der Waals surface area contributed by atoms with E-state index in [4.69, 9.17) is 9.94 Å². The first-order chi connectivity index (χ1) is 12.9. The minimum Gasteiger partial charge on any atom is -0.481 e. The Morgan fingerprint density at radius 1 is 1.41 bits per heavy atom. The summed E-state index contributed by atoms with van der Waals surface area (Å²) in [5.74, 6) is -0.588. The van der Waals surface area contributed by atoms with Gasteiger partial charge in [-0.3, -0.25) is 4.79 Å². The Kier molecular flexibility index (Phi) is 5.97. The van der Waals surface area contributed by atoms with Crippen molar-refractivity contribution in [3.05, 3.63) is 47.0 Å². The van der Waals surface area contributed by atoms with Gasteiger partial charge in [0.15, 0.2) is 0 Å². The summed E-state index contributed by atoms with van der Waals surface area (Å²) in [5.41, 5.74) is 3.98. The van der Waals surface area contributed by atoms with Crippen molar-refractivity contribution in [3.63, 3.8) is 0 Å². The zero-order chi connectivity index (χ0) is 19.6. The van der Waals surface area contributed by atoms with Gasteiger partial charge < -0.3 is 20.2 Å². The molecular formula is C21H27NO5. The van der Waals surface area contributed by atoms with Gasteiger partial charge in [-0.05, 0) is 43.7 Å². The van der Waals surface area contributed by atoms with Gasteiger partial charge in [-0.2, -0.15) is 0 Å². The fraction of sp³-hybridized carbons (Fsp3) is 0.524. The fourth-order valence-electron chi connectivity index (χ4n) is 4.11. The molecule has 2 saturated carbocycles. The van der Waals surface area contributed by atoms with Gasteiger partial charge in [0.25, 0.3) is 0 Å². The van der Waals surface area contributed by atoms with Crippen molar-refractivity contribution in [3.8, 4) is 0 Å². The maximum Gasteiger partial charge on any atom is 0.306 e. The number of hydrogen-bond acceptors (Lipinski definition) is 5. The number of carbonyl (C=O) groups is 1. The van der Waals surface area contributed by atoms with Gasteiger partial charge in [0, 0.05) is 11.8 Å². The number of oxime groups is 1. The summed E-state index contributed by atoms with van der Waals surface area (Å²) in [6.45, 7) is 4.07. The molecule has 2 fully saturated rings. The van der Waals surface area contributed by atoms with Crippen LogP contribution in [-0.2, 0) is 9.63 Å². The van der Waals surface area contributed by atoms with Crippen LogP contribution >= 0.6 is 0 Å². The van der Waals surface area contributed by atoms with E-state index in [9.17, 15) is 15.0 Å². The molecule has 2 aliphatic carbocycles. The highest BCUT2D eigenvalue weighted by molar-refractivity contribution is 5.93. The van der Waals surface area contributed by atoms with Crippen molar-refractivity contribution < 1.29 is 25.0 Å². The molecule has 3 unspecified atom stereocenters. The van der Waals surface area contributed by atoms with E-state index in [-0.39, 0.29) is 30.8 Å². The van der Waals surface area contributed by atoms with Crippen LogP contribution in [0.3, 0.4) is 0 Å². The number of carboxylic acid groups (broad SMARTS) is 1. The van der Waals surface area contributed by atoms with Crippen LogP contribution in [0.4, 0.5) is 0 Å². The number of aliphatic hydroxyl groups is 2. The van der Waals surface area contributed by atoms with Gasteiger partial charge in [0.05, 0.1) is 24.3 Å². The van der Waals surface area contributed by atoms with Crippen LogP contribution < -0.4 is 0 Å². The lowest BCUT2D eigenvalue weighted by molar-refractivity contribution is -0.138. The van der Waals surface area contributed by atoms with Crippen LogP contribution in [0.5, 0.6) is 0 Å². The van der Waals surface area contributed by atoms with E-state index in [2.05, 4.69) is 5.16 Å². The fourth-order valence-corrected chi connectivity index (χ4v) is 4.11. The van der Waals surface area contributed by atoms with E-state index < -0.39 is 18.2 Å². The summed E-state index contributed by atoms with van der Waals surface area (Å²) in [5, 5.41) is 33.6. The van der Waals surface area contributed by atoms with Crippen molar-refractivity contribution in [2.24, 2.45) is 22.9 Å². The van der Waals surface area contributed by atoms with Crippen molar-refractivity contribution in [1.29, 1.82) is 0 Å². The van der Waals surface area contributed by atoms with Gasteiger partial charge in [0.1, 0.15) is 6.61 Å². The zero-order valence-corrected chi connectivity index (χ0v) is 15.7. The molecule has 1 aromatic rings. The van der Waals surface area contributed by atoms with E-state index in [1.54, 1.807) is 6.08 Å². The maximum absolute atomic E-state index is 10.5. The monoisotopic (exact) mass is 373 g/mol. The summed E-state index contributed by atoms with van der Waals surface area (Å²) >= 11 is 0. The lowest BCUT2D eigenvalue weighted by Crippen LogP contribution is -2.38. The van der Waals surface area contributed by atoms with Crippen LogP contribution in [-0.4, -0.2) is 39.7 Å². The molecule has 0 heterocycles. The summed E-state index contributed by atoms with van der Waals surface area (Å²) in [7, 11) is 0. The summed E-state index contributed by atoms with van der Waals surface area (Å²) in [6.07, 6.45) is 3.91. The van der Waals surface area contributed by atoms with Crippen LogP contribution in [0.15, 0.2) is 35.5 Å². The van der Waals surface area contributed by atoms with E-state index >= 15 is 0 Å². The quantitative estimate of drug-likeness (QED) is 0.388. The van der Waals surface area contributed by atoms with Gasteiger partial charge >= 0.3 is 5.97 Å². The number of aryl methyl sites for hydroxylation is 2. The standard InChI is InChI=1S/C21H27NO5/c1-12-3-5-15(13(2)9-12)19(23)6-4-14-10-16-17(21(14)26)11-18(16)22-27-8-7-20(24)25/h3-6,9,14,16-17,19,21,23,26H,7-8,10-11H2,1-2H3,(H,24,25)/t14?,16-,17+,19?,21?/m0/s1. The molecule has 27 heavy (non-hydrogen) atoms. The number of fused-ring (bicyclic) bond motifs is 1. The molecule has 2 aliphatic rings. The Labute approximate surface area is 159 Å². The van der Waals surface area contributed by atoms with Gasteiger partial charge in [-0.25, -0.2) is 0 Å². The van der Waals surface area contributed by atoms with Gasteiger partial charge in [-0.15, -0.1) is 0 Å². The second kappa shape index (κ2) is 8.23. The first-order valence-corrected chi connectivity index (χ1v) is 9.39. The molecule has 0 amide bonds. The molecular weight excluding hydrogens is 346 g/mol. The second-order valence-corrected chi connectivity index (χ2v) is 7.61. The minimum atomic E-state index is -0.912. The van der Waals surface area contributed by atoms with Gasteiger partial charge in [-0.1, -0.05) is 41.1 Å². The Hall–Kier alpha value is -2.18. The average molecular weight is 373 g/mol. The van der Waals surface area contributed by atoms with Crippen molar-refractivity contribution >= 4 is 11.7 Å². The Balaban J connectivity index is 1.57. The largest absolute Gasteiger partial charge is 0.481 e. The van der Waals surface area contributed by atoms with E-state index in [0.29, 0.717) is 6.42 Å². The number of aliphatic carboxylic acids is 1. The topological polar surface area (TPSA) is 99.4 Å². The molecule has 6 heteroatoms. The van der Waals surface area contributed by atoms with Crippen LogP contribution in [0.2, 0.25) is 0 Å². The Morgan fingerprint density at radius 2 is 2.19 bits per heavy atom. The Morgan fingerprint density at radius 3 is 2.89 bits per heavy atom. The summed E-state index contributed by atoms with van der Waals surface area (Å²) in [6, 6.07) is 5.97. The smallest absolute Gasteiger partial charge is 0.306 e. The number of rotatable bonds is 7. The zero-order valence-electron chi connectivity index (χ0n) is 15.7. The molecule has 6 nitrogen and oxygen atoms in total. The molecule has 0 aromatic heterocycles. The Bertz CT molecular complexity index is 757. The molecule has 1 aromatic carbocycles. The lowest BCUT2D eigenvalue weighted by Gasteiger charge is -2.33. The first-order valence-electron chi connectivity index (χ1n) is 9.39. The number of benzene rings is 1. The van der Waals surface area contributed by atoms with Crippen LogP contribution in [0.1, 0.15) is 42.1 Å². The second-order valence-electron chi connectivity index (χ2n) is 7.61. The number of carboxylic acids is 1. The first kappa shape index (κ1) is 19.6. The molecule has 3 rings (SSSR count). The molecule has 5 atom stereocenters. The third kappa shape index (κ3) is 4.39.